The number of hydrogen-bond donors (Lipinski definition) is 2. The number of hydrogen-bond acceptors (Lipinski definition) is 4. The molecular formula is C10H17N3O2. The molecule has 0 radical (unpaired) electrons. The van der Waals surface area contributed by atoms with Gasteiger partial charge in [-0.15, -0.1) is 0 Å². The van der Waals surface area contributed by atoms with E-state index in [1.807, 2.05) is 0 Å². The van der Waals surface area contributed by atoms with Crippen molar-refractivity contribution in [2.45, 2.75) is 27.2 Å². The van der Waals surface area contributed by atoms with E-state index >= 15 is 0 Å². The molecular weight excluding hydrogens is 194 g/mol. The molecule has 0 amide bonds. The first kappa shape index (κ1) is 11.6. The average Bonchev–Trinajstić information content (AvgIpc) is 2.48. The molecule has 0 saturated carbocycles. The number of ether oxygens (including phenoxy) is 1. The maximum absolute atomic E-state index is 11.4. The van der Waals surface area contributed by atoms with Crippen molar-refractivity contribution in [3.05, 3.63) is 11.4 Å². The quantitative estimate of drug-likeness (QED) is 0.737. The molecule has 0 fully saturated rings. The fourth-order valence-corrected chi connectivity index (χ4v) is 1.31. The lowest BCUT2D eigenvalue weighted by Crippen LogP contribution is -2.08. The van der Waals surface area contributed by atoms with Gasteiger partial charge in [-0.05, 0) is 19.3 Å². The number of aromatic amines is 1. The molecule has 5 heteroatoms. The highest BCUT2D eigenvalue weighted by Gasteiger charge is 2.18. The van der Waals surface area contributed by atoms with E-state index in [1.165, 1.54) is 0 Å². The highest BCUT2D eigenvalue weighted by atomic mass is 16.5. The van der Waals surface area contributed by atoms with E-state index < -0.39 is 5.97 Å². The van der Waals surface area contributed by atoms with Crippen molar-refractivity contribution in [2.75, 3.05) is 12.3 Å². The SMILES string of the molecule is CCOC(=O)c1n[nH]c(CC(C)C)c1N. The zero-order valence-electron chi connectivity index (χ0n) is 9.33. The molecule has 0 spiro atoms. The topological polar surface area (TPSA) is 81.0 Å². The molecule has 0 unspecified atom stereocenters. The fourth-order valence-electron chi connectivity index (χ4n) is 1.31. The summed E-state index contributed by atoms with van der Waals surface area (Å²) in [5.74, 6) is -0.0101. The summed E-state index contributed by atoms with van der Waals surface area (Å²) in [6.07, 6.45) is 0.776. The van der Waals surface area contributed by atoms with Crippen molar-refractivity contribution >= 4 is 11.7 Å². The largest absolute Gasteiger partial charge is 0.461 e. The van der Waals surface area contributed by atoms with E-state index in [-0.39, 0.29) is 5.69 Å². The van der Waals surface area contributed by atoms with Gasteiger partial charge in [0.05, 0.1) is 18.0 Å². The number of anilines is 1. The number of carbonyl (C=O) groups excluding carboxylic acids is 1. The summed E-state index contributed by atoms with van der Waals surface area (Å²) < 4.78 is 4.83. The van der Waals surface area contributed by atoms with Gasteiger partial charge in [0.1, 0.15) is 0 Å². The number of nitrogens with zero attached hydrogens (tertiary/aromatic N) is 1. The van der Waals surface area contributed by atoms with Gasteiger partial charge in [-0.1, -0.05) is 13.8 Å². The van der Waals surface area contributed by atoms with Crippen LogP contribution in [0.15, 0.2) is 0 Å². The van der Waals surface area contributed by atoms with E-state index in [9.17, 15) is 4.79 Å². The van der Waals surface area contributed by atoms with Gasteiger partial charge in [0, 0.05) is 0 Å². The maximum Gasteiger partial charge on any atom is 0.361 e. The van der Waals surface area contributed by atoms with Crippen LogP contribution in [0, 0.1) is 5.92 Å². The molecule has 1 heterocycles. The van der Waals surface area contributed by atoms with E-state index in [0.29, 0.717) is 18.2 Å². The number of rotatable bonds is 4. The van der Waals surface area contributed by atoms with Gasteiger partial charge in [-0.25, -0.2) is 4.79 Å². The van der Waals surface area contributed by atoms with Crippen molar-refractivity contribution in [1.29, 1.82) is 0 Å². The number of H-pyrrole nitrogens is 1. The Morgan fingerprint density at radius 1 is 1.60 bits per heavy atom. The Hall–Kier alpha value is -1.52. The molecule has 1 aromatic heterocycles. The standard InChI is InChI=1S/C10H17N3O2/c1-4-15-10(14)9-8(11)7(12-13-9)5-6(2)3/h6H,4-5,11H2,1-3H3,(H,12,13). The van der Waals surface area contributed by atoms with Crippen LogP contribution in [-0.4, -0.2) is 22.8 Å². The summed E-state index contributed by atoms with van der Waals surface area (Å²) in [5.41, 5.74) is 7.18. The molecule has 0 aromatic carbocycles. The Morgan fingerprint density at radius 2 is 2.27 bits per heavy atom. The average molecular weight is 211 g/mol. The molecule has 0 aliphatic rings. The van der Waals surface area contributed by atoms with Crippen molar-refractivity contribution in [2.24, 2.45) is 5.92 Å². The molecule has 0 aliphatic heterocycles. The predicted octanol–water partition coefficient (Wildman–Crippen LogP) is 1.37. The zero-order valence-corrected chi connectivity index (χ0v) is 9.33. The highest BCUT2D eigenvalue weighted by Crippen LogP contribution is 2.18. The van der Waals surface area contributed by atoms with Gasteiger partial charge in [0.25, 0.3) is 0 Å². The summed E-state index contributed by atoms with van der Waals surface area (Å²) in [4.78, 5) is 11.4. The van der Waals surface area contributed by atoms with Crippen LogP contribution >= 0.6 is 0 Å². The molecule has 3 N–H and O–H groups in total. The van der Waals surface area contributed by atoms with Crippen LogP contribution < -0.4 is 5.73 Å². The lowest BCUT2D eigenvalue weighted by Gasteiger charge is -2.03. The first-order valence-corrected chi connectivity index (χ1v) is 5.06. The number of esters is 1. The predicted molar refractivity (Wildman–Crippen MR) is 57.5 cm³/mol. The third-order valence-electron chi connectivity index (χ3n) is 1.96. The van der Waals surface area contributed by atoms with E-state index in [2.05, 4.69) is 24.0 Å². The second kappa shape index (κ2) is 4.82. The Kier molecular flexibility index (Phi) is 3.71. The first-order chi connectivity index (χ1) is 7.06. The smallest absolute Gasteiger partial charge is 0.361 e. The van der Waals surface area contributed by atoms with Crippen LogP contribution in [0.4, 0.5) is 5.69 Å². The van der Waals surface area contributed by atoms with E-state index in [1.54, 1.807) is 6.92 Å². The van der Waals surface area contributed by atoms with Crippen molar-refractivity contribution in [1.82, 2.24) is 10.2 Å². The molecule has 1 aromatic rings. The molecule has 84 valence electrons. The summed E-state index contributed by atoms with van der Waals surface area (Å²) >= 11 is 0. The number of carbonyl (C=O) groups is 1. The van der Waals surface area contributed by atoms with Gasteiger partial charge in [0.15, 0.2) is 5.69 Å². The van der Waals surface area contributed by atoms with Crippen LogP contribution in [0.1, 0.15) is 37.0 Å². The minimum atomic E-state index is -0.471. The highest BCUT2D eigenvalue weighted by molar-refractivity contribution is 5.93. The maximum atomic E-state index is 11.4. The Labute approximate surface area is 89.0 Å². The fraction of sp³-hybridized carbons (Fsp3) is 0.600. The van der Waals surface area contributed by atoms with Crippen LogP contribution in [-0.2, 0) is 11.2 Å². The number of nitrogen functional groups attached to an aromatic ring is 1. The van der Waals surface area contributed by atoms with Gasteiger partial charge in [0.2, 0.25) is 0 Å². The van der Waals surface area contributed by atoms with E-state index in [0.717, 1.165) is 12.1 Å². The second-order valence-corrected chi connectivity index (χ2v) is 3.78. The van der Waals surface area contributed by atoms with Crippen molar-refractivity contribution in [3.63, 3.8) is 0 Å². The van der Waals surface area contributed by atoms with Crippen molar-refractivity contribution in [3.8, 4) is 0 Å². The molecule has 15 heavy (non-hydrogen) atoms. The normalized spacial score (nSPS) is 10.7. The Balaban J connectivity index is 2.84. The number of nitrogens with one attached hydrogen (secondary N) is 1. The number of aromatic nitrogens is 2. The minimum Gasteiger partial charge on any atom is -0.461 e. The zero-order chi connectivity index (χ0) is 11.4. The summed E-state index contributed by atoms with van der Waals surface area (Å²) in [5, 5.41) is 6.63. The molecule has 0 aliphatic carbocycles. The Bertz CT molecular complexity index is 344. The van der Waals surface area contributed by atoms with Gasteiger partial charge in [-0.2, -0.15) is 5.10 Å². The third kappa shape index (κ3) is 2.71. The molecule has 0 bridgehead atoms. The third-order valence-corrected chi connectivity index (χ3v) is 1.96. The second-order valence-electron chi connectivity index (χ2n) is 3.78. The van der Waals surface area contributed by atoms with Crippen LogP contribution in [0.5, 0.6) is 0 Å². The van der Waals surface area contributed by atoms with Crippen molar-refractivity contribution < 1.29 is 9.53 Å². The summed E-state index contributed by atoms with van der Waals surface area (Å²) in [7, 11) is 0. The van der Waals surface area contributed by atoms with Crippen LogP contribution in [0.25, 0.3) is 0 Å². The Morgan fingerprint density at radius 3 is 2.80 bits per heavy atom. The molecule has 0 saturated heterocycles. The summed E-state index contributed by atoms with van der Waals surface area (Å²) in [6, 6.07) is 0. The van der Waals surface area contributed by atoms with Gasteiger partial charge < -0.3 is 10.5 Å². The van der Waals surface area contributed by atoms with Crippen LogP contribution in [0.3, 0.4) is 0 Å². The minimum absolute atomic E-state index is 0.188. The molecule has 0 atom stereocenters. The van der Waals surface area contributed by atoms with Crippen LogP contribution in [0.2, 0.25) is 0 Å². The molecule has 1 rings (SSSR count). The summed E-state index contributed by atoms with van der Waals surface area (Å²) in [6.45, 7) is 6.22. The van der Waals surface area contributed by atoms with Gasteiger partial charge in [-0.3, -0.25) is 5.10 Å². The van der Waals surface area contributed by atoms with Gasteiger partial charge >= 0.3 is 5.97 Å². The monoisotopic (exact) mass is 211 g/mol. The lowest BCUT2D eigenvalue weighted by molar-refractivity contribution is 0.0520. The lowest BCUT2D eigenvalue weighted by atomic mass is 10.1. The first-order valence-electron chi connectivity index (χ1n) is 5.06. The van der Waals surface area contributed by atoms with E-state index in [4.69, 9.17) is 10.5 Å². The number of nitrogens with two attached hydrogens (primary N) is 1. The molecule has 5 nitrogen and oxygen atoms in total.